The molecule has 4 nitrogen and oxygen atoms in total. The number of aliphatic hydroxyl groups excluding tert-OH is 1. The first-order chi connectivity index (χ1) is 14.1. The lowest BCUT2D eigenvalue weighted by molar-refractivity contribution is 0.174. The van der Waals surface area contributed by atoms with Crippen LogP contribution in [0.15, 0.2) is 66.7 Å². The Hall–Kier alpha value is -2.24. The van der Waals surface area contributed by atoms with E-state index >= 15 is 0 Å². The van der Waals surface area contributed by atoms with Gasteiger partial charge >= 0.3 is 0 Å². The van der Waals surface area contributed by atoms with Gasteiger partial charge in [0.2, 0.25) is 0 Å². The van der Waals surface area contributed by atoms with Crippen LogP contribution < -0.4 is 14.8 Å². The first-order valence-electron chi connectivity index (χ1n) is 9.25. The van der Waals surface area contributed by atoms with Crippen LogP contribution in [-0.2, 0) is 13.2 Å². The van der Waals surface area contributed by atoms with E-state index in [4.69, 9.17) is 32.7 Å². The van der Waals surface area contributed by atoms with Gasteiger partial charge in [-0.15, -0.1) is 0 Å². The van der Waals surface area contributed by atoms with Crippen LogP contribution in [0.4, 0.5) is 0 Å². The van der Waals surface area contributed by atoms with Gasteiger partial charge in [-0.25, -0.2) is 0 Å². The van der Waals surface area contributed by atoms with Crippen LogP contribution in [0.3, 0.4) is 0 Å². The predicted octanol–water partition coefficient (Wildman–Crippen LogP) is 5.40. The molecule has 0 aliphatic heterocycles. The molecule has 0 saturated heterocycles. The van der Waals surface area contributed by atoms with Crippen molar-refractivity contribution in [1.82, 2.24) is 5.32 Å². The second-order valence-corrected chi connectivity index (χ2v) is 7.35. The van der Waals surface area contributed by atoms with Gasteiger partial charge in [0, 0.05) is 28.7 Å². The van der Waals surface area contributed by atoms with Crippen molar-refractivity contribution >= 4 is 23.2 Å². The van der Waals surface area contributed by atoms with Crippen molar-refractivity contribution in [3.63, 3.8) is 0 Å². The Labute approximate surface area is 181 Å². The maximum atomic E-state index is 10.2. The summed E-state index contributed by atoms with van der Waals surface area (Å²) in [5.74, 6) is 1.23. The lowest BCUT2D eigenvalue weighted by Crippen LogP contribution is -2.21. The van der Waals surface area contributed by atoms with Gasteiger partial charge in [0.15, 0.2) is 11.5 Å². The van der Waals surface area contributed by atoms with E-state index in [1.54, 1.807) is 25.3 Å². The Morgan fingerprint density at radius 2 is 1.66 bits per heavy atom. The van der Waals surface area contributed by atoms with Crippen LogP contribution in [0.25, 0.3) is 0 Å². The van der Waals surface area contributed by atoms with Crippen molar-refractivity contribution in [3.8, 4) is 11.5 Å². The number of rotatable bonds is 9. The molecule has 0 aliphatic carbocycles. The molecule has 0 spiro atoms. The number of aliphatic hydroxyl groups is 1. The largest absolute Gasteiger partial charge is 0.493 e. The van der Waals surface area contributed by atoms with Gasteiger partial charge in [-0.05, 0) is 35.4 Å². The van der Waals surface area contributed by atoms with E-state index in [0.29, 0.717) is 34.6 Å². The number of hydrogen-bond donors (Lipinski definition) is 2. The molecule has 2 N–H and O–H groups in total. The fourth-order valence-corrected chi connectivity index (χ4v) is 3.41. The van der Waals surface area contributed by atoms with E-state index in [1.165, 1.54) is 0 Å². The molecule has 0 aromatic heterocycles. The summed E-state index contributed by atoms with van der Waals surface area (Å²) < 4.78 is 11.3. The molecule has 3 aromatic carbocycles. The normalized spacial score (nSPS) is 11.9. The van der Waals surface area contributed by atoms with Gasteiger partial charge < -0.3 is 19.9 Å². The third-order valence-electron chi connectivity index (χ3n) is 4.51. The van der Waals surface area contributed by atoms with Crippen LogP contribution in [0.5, 0.6) is 11.5 Å². The van der Waals surface area contributed by atoms with Crippen molar-refractivity contribution in [1.29, 1.82) is 0 Å². The monoisotopic (exact) mass is 431 g/mol. The highest BCUT2D eigenvalue weighted by molar-refractivity contribution is 6.35. The van der Waals surface area contributed by atoms with Crippen molar-refractivity contribution < 1.29 is 14.6 Å². The lowest BCUT2D eigenvalue weighted by atomic mass is 10.1. The summed E-state index contributed by atoms with van der Waals surface area (Å²) in [6.45, 7) is 1.29. The smallest absolute Gasteiger partial charge is 0.161 e. The molecule has 29 heavy (non-hydrogen) atoms. The second-order valence-electron chi connectivity index (χ2n) is 6.53. The van der Waals surface area contributed by atoms with Crippen LogP contribution in [0, 0.1) is 0 Å². The standard InChI is InChI=1S/C23H23Cl2NO3/c1-28-23-12-16(13-26-14-21(27)17-6-3-2-4-7-17)10-11-22(23)29-15-18-19(24)8-5-9-20(18)25/h2-12,21,26-27H,13-15H2,1H3/t21-/m1/s1. The summed E-state index contributed by atoms with van der Waals surface area (Å²) in [4.78, 5) is 0. The molecule has 0 heterocycles. The zero-order valence-electron chi connectivity index (χ0n) is 16.1. The summed E-state index contributed by atoms with van der Waals surface area (Å²) in [7, 11) is 1.60. The van der Waals surface area contributed by atoms with E-state index in [1.807, 2.05) is 48.5 Å². The van der Waals surface area contributed by atoms with E-state index in [2.05, 4.69) is 5.32 Å². The highest BCUT2D eigenvalue weighted by Gasteiger charge is 2.11. The highest BCUT2D eigenvalue weighted by atomic mass is 35.5. The Bertz CT molecular complexity index is 914. The quantitative estimate of drug-likeness (QED) is 0.475. The van der Waals surface area contributed by atoms with Crippen LogP contribution >= 0.6 is 23.2 Å². The Morgan fingerprint density at radius 3 is 2.34 bits per heavy atom. The SMILES string of the molecule is COc1cc(CNC[C@@H](O)c2ccccc2)ccc1OCc1c(Cl)cccc1Cl. The third-order valence-corrected chi connectivity index (χ3v) is 5.22. The molecule has 0 saturated carbocycles. The summed E-state index contributed by atoms with van der Waals surface area (Å²) in [6.07, 6.45) is -0.555. The number of hydrogen-bond acceptors (Lipinski definition) is 4. The summed E-state index contributed by atoms with van der Waals surface area (Å²) in [6, 6.07) is 20.7. The van der Waals surface area contributed by atoms with Crippen LogP contribution in [0.2, 0.25) is 10.0 Å². The molecule has 3 rings (SSSR count). The third kappa shape index (κ3) is 5.87. The maximum absolute atomic E-state index is 10.2. The average Bonchev–Trinajstić information content (AvgIpc) is 2.74. The second kappa shape index (κ2) is 10.5. The zero-order chi connectivity index (χ0) is 20.6. The maximum Gasteiger partial charge on any atom is 0.161 e. The van der Waals surface area contributed by atoms with Gasteiger partial charge in [0.1, 0.15) is 6.61 Å². The van der Waals surface area contributed by atoms with Crippen LogP contribution in [0.1, 0.15) is 22.8 Å². The molecule has 3 aromatic rings. The summed E-state index contributed by atoms with van der Waals surface area (Å²) in [5.41, 5.74) is 2.64. The van der Waals surface area contributed by atoms with Crippen molar-refractivity contribution in [3.05, 3.63) is 93.5 Å². The molecule has 0 amide bonds. The number of benzene rings is 3. The number of methoxy groups -OCH3 is 1. The lowest BCUT2D eigenvalue weighted by Gasteiger charge is -2.15. The molecular weight excluding hydrogens is 409 g/mol. The highest BCUT2D eigenvalue weighted by Crippen LogP contribution is 2.31. The van der Waals surface area contributed by atoms with Crippen LogP contribution in [-0.4, -0.2) is 18.8 Å². The average molecular weight is 432 g/mol. The van der Waals surface area contributed by atoms with E-state index in [-0.39, 0.29) is 6.61 Å². The summed E-state index contributed by atoms with van der Waals surface area (Å²) in [5, 5.41) is 14.6. The molecule has 152 valence electrons. The fraction of sp³-hybridized carbons (Fsp3) is 0.217. The molecule has 0 aliphatic rings. The Kier molecular flexibility index (Phi) is 7.78. The number of nitrogens with one attached hydrogen (secondary N) is 1. The summed E-state index contributed by atoms with van der Waals surface area (Å²) >= 11 is 12.4. The van der Waals surface area contributed by atoms with E-state index in [0.717, 1.165) is 16.7 Å². The predicted molar refractivity (Wildman–Crippen MR) is 117 cm³/mol. The van der Waals surface area contributed by atoms with Gasteiger partial charge in [0.05, 0.1) is 13.2 Å². The molecule has 6 heteroatoms. The van der Waals surface area contributed by atoms with Crippen molar-refractivity contribution in [2.75, 3.05) is 13.7 Å². The van der Waals surface area contributed by atoms with Gasteiger partial charge in [0.25, 0.3) is 0 Å². The van der Waals surface area contributed by atoms with Crippen molar-refractivity contribution in [2.24, 2.45) is 0 Å². The Balaban J connectivity index is 1.58. The molecule has 0 bridgehead atoms. The van der Waals surface area contributed by atoms with E-state index in [9.17, 15) is 5.11 Å². The first kappa shape index (κ1) is 21.5. The van der Waals surface area contributed by atoms with Gasteiger partial charge in [-0.3, -0.25) is 0 Å². The minimum Gasteiger partial charge on any atom is -0.493 e. The van der Waals surface area contributed by atoms with Gasteiger partial charge in [-0.2, -0.15) is 0 Å². The van der Waals surface area contributed by atoms with Gasteiger partial charge in [-0.1, -0.05) is 65.7 Å². The molecule has 0 radical (unpaired) electrons. The first-order valence-corrected chi connectivity index (χ1v) is 10.0. The fourth-order valence-electron chi connectivity index (χ4n) is 2.91. The minimum absolute atomic E-state index is 0.246. The molecule has 0 unspecified atom stereocenters. The Morgan fingerprint density at radius 1 is 0.931 bits per heavy atom. The topological polar surface area (TPSA) is 50.7 Å². The zero-order valence-corrected chi connectivity index (χ0v) is 17.6. The van der Waals surface area contributed by atoms with E-state index < -0.39 is 6.10 Å². The number of halogens is 2. The minimum atomic E-state index is -0.555. The number of ether oxygens (including phenoxy) is 2. The van der Waals surface area contributed by atoms with Crippen molar-refractivity contribution in [2.45, 2.75) is 19.3 Å². The molecular formula is C23H23Cl2NO3. The molecule has 1 atom stereocenters. The molecule has 0 fully saturated rings.